The van der Waals surface area contributed by atoms with E-state index in [1.807, 2.05) is 25.1 Å². The number of aromatic nitrogens is 2. The minimum atomic E-state index is -0.253. The second-order valence-corrected chi connectivity index (χ2v) is 5.42. The van der Waals surface area contributed by atoms with Gasteiger partial charge in [0.2, 0.25) is 11.8 Å². The zero-order valence-electron chi connectivity index (χ0n) is 13.5. The molecule has 3 rings (SSSR count). The lowest BCUT2D eigenvalue weighted by Gasteiger charge is -2.11. The van der Waals surface area contributed by atoms with Crippen molar-refractivity contribution in [3.8, 4) is 17.0 Å². The molecule has 0 saturated heterocycles. The fourth-order valence-electron chi connectivity index (χ4n) is 2.57. The van der Waals surface area contributed by atoms with Crippen LogP contribution in [0, 0.1) is 12.7 Å². The summed E-state index contributed by atoms with van der Waals surface area (Å²) in [7, 11) is 1.60. The molecule has 0 bridgehead atoms. The van der Waals surface area contributed by atoms with Crippen LogP contribution < -0.4 is 10.5 Å². The van der Waals surface area contributed by atoms with Gasteiger partial charge in [0, 0.05) is 7.11 Å². The summed E-state index contributed by atoms with van der Waals surface area (Å²) in [6.07, 6.45) is 0. The van der Waals surface area contributed by atoms with Gasteiger partial charge in [0.25, 0.3) is 0 Å². The molecule has 6 heteroatoms. The van der Waals surface area contributed by atoms with Gasteiger partial charge in [-0.1, -0.05) is 12.1 Å². The quantitative estimate of drug-likeness (QED) is 0.728. The Morgan fingerprint density at radius 2 is 1.92 bits per heavy atom. The zero-order chi connectivity index (χ0) is 17.1. The van der Waals surface area contributed by atoms with Gasteiger partial charge in [-0.15, -0.1) is 0 Å². The second kappa shape index (κ2) is 6.80. The molecule has 0 radical (unpaired) electrons. The van der Waals surface area contributed by atoms with Gasteiger partial charge >= 0.3 is 0 Å². The molecule has 1 heterocycles. The minimum absolute atomic E-state index is 0.153. The van der Waals surface area contributed by atoms with Crippen molar-refractivity contribution in [1.29, 1.82) is 0 Å². The van der Waals surface area contributed by atoms with Gasteiger partial charge in [0.05, 0.1) is 17.5 Å². The highest BCUT2D eigenvalue weighted by Gasteiger charge is 2.11. The van der Waals surface area contributed by atoms with E-state index in [0.29, 0.717) is 24.6 Å². The highest BCUT2D eigenvalue weighted by molar-refractivity contribution is 5.89. The first-order chi connectivity index (χ1) is 11.6. The van der Waals surface area contributed by atoms with E-state index >= 15 is 0 Å². The van der Waals surface area contributed by atoms with Crippen LogP contribution in [0.15, 0.2) is 36.4 Å². The zero-order valence-corrected chi connectivity index (χ0v) is 13.5. The topological polar surface area (TPSA) is 70.3 Å². The van der Waals surface area contributed by atoms with Gasteiger partial charge in [0.15, 0.2) is 0 Å². The van der Waals surface area contributed by atoms with E-state index in [4.69, 9.17) is 15.2 Å². The van der Waals surface area contributed by atoms with Crippen molar-refractivity contribution in [2.24, 2.45) is 0 Å². The largest absolute Gasteiger partial charge is 0.475 e. The molecule has 0 spiro atoms. The smallest absolute Gasteiger partial charge is 0.226 e. The van der Waals surface area contributed by atoms with Crippen molar-refractivity contribution < 1.29 is 13.9 Å². The molecule has 124 valence electrons. The van der Waals surface area contributed by atoms with Crippen LogP contribution >= 0.6 is 0 Å². The molecule has 1 aromatic heterocycles. The van der Waals surface area contributed by atoms with Crippen LogP contribution in [0.4, 0.5) is 10.3 Å². The van der Waals surface area contributed by atoms with E-state index in [1.165, 1.54) is 12.1 Å². The predicted molar refractivity (Wildman–Crippen MR) is 91.5 cm³/mol. The predicted octanol–water partition coefficient (Wildman–Crippen LogP) is 3.35. The van der Waals surface area contributed by atoms with Crippen LogP contribution in [0.25, 0.3) is 22.0 Å². The Morgan fingerprint density at radius 1 is 1.08 bits per heavy atom. The van der Waals surface area contributed by atoms with E-state index in [0.717, 1.165) is 22.1 Å². The average molecular weight is 327 g/mol. The molecule has 2 aromatic carbocycles. The van der Waals surface area contributed by atoms with Crippen molar-refractivity contribution in [3.05, 3.63) is 47.8 Å². The maximum Gasteiger partial charge on any atom is 0.226 e. The minimum Gasteiger partial charge on any atom is -0.475 e. The van der Waals surface area contributed by atoms with Crippen LogP contribution in [0.1, 0.15) is 5.56 Å². The van der Waals surface area contributed by atoms with Crippen molar-refractivity contribution in [2.45, 2.75) is 6.92 Å². The van der Waals surface area contributed by atoms with Gasteiger partial charge in [-0.3, -0.25) is 0 Å². The Balaban J connectivity index is 2.08. The number of fused-ring (bicyclic) bond motifs is 1. The van der Waals surface area contributed by atoms with Gasteiger partial charge in [-0.05, 0) is 47.9 Å². The third-order valence-corrected chi connectivity index (χ3v) is 3.70. The maximum absolute atomic E-state index is 13.3. The van der Waals surface area contributed by atoms with Crippen LogP contribution in [-0.2, 0) is 4.74 Å². The SMILES string of the molecule is COCCOc1nc(N)nc2ccc(-c3ccc(F)cc3C)cc12. The highest BCUT2D eigenvalue weighted by atomic mass is 19.1. The summed E-state index contributed by atoms with van der Waals surface area (Å²) in [6, 6.07) is 10.4. The van der Waals surface area contributed by atoms with E-state index < -0.39 is 0 Å². The number of hydrogen-bond acceptors (Lipinski definition) is 5. The van der Waals surface area contributed by atoms with Crippen molar-refractivity contribution in [2.75, 3.05) is 26.1 Å². The van der Waals surface area contributed by atoms with E-state index in [2.05, 4.69) is 9.97 Å². The Morgan fingerprint density at radius 3 is 2.67 bits per heavy atom. The molecular formula is C18H18FN3O2. The molecular weight excluding hydrogens is 309 g/mol. The summed E-state index contributed by atoms with van der Waals surface area (Å²) >= 11 is 0. The third kappa shape index (κ3) is 3.28. The molecule has 0 atom stereocenters. The average Bonchev–Trinajstić information content (AvgIpc) is 2.55. The van der Waals surface area contributed by atoms with Crippen molar-refractivity contribution >= 4 is 16.9 Å². The standard InChI is InChI=1S/C18H18FN3O2/c1-11-9-13(19)4-5-14(11)12-3-6-16-15(10-12)17(22-18(20)21-16)24-8-7-23-2/h3-6,9-10H,7-8H2,1-2H3,(H2,20,21,22). The number of aryl methyl sites for hydroxylation is 1. The summed E-state index contributed by atoms with van der Waals surface area (Å²) in [5, 5.41) is 0.751. The number of ether oxygens (including phenoxy) is 2. The van der Waals surface area contributed by atoms with Crippen LogP contribution in [0.3, 0.4) is 0 Å². The summed E-state index contributed by atoms with van der Waals surface area (Å²) in [6.45, 7) is 2.68. The van der Waals surface area contributed by atoms with E-state index in [1.54, 1.807) is 13.2 Å². The number of anilines is 1. The lowest BCUT2D eigenvalue weighted by Crippen LogP contribution is -2.07. The first-order valence-corrected chi connectivity index (χ1v) is 7.54. The fraction of sp³-hybridized carbons (Fsp3) is 0.222. The van der Waals surface area contributed by atoms with Gasteiger partial charge in [0.1, 0.15) is 12.4 Å². The Labute approximate surface area is 139 Å². The number of rotatable bonds is 5. The lowest BCUT2D eigenvalue weighted by molar-refractivity contribution is 0.144. The number of nitrogens with two attached hydrogens (primary N) is 1. The Bertz CT molecular complexity index is 884. The van der Waals surface area contributed by atoms with E-state index in [-0.39, 0.29) is 11.8 Å². The number of benzene rings is 2. The normalized spacial score (nSPS) is 11.0. The summed E-state index contributed by atoms with van der Waals surface area (Å²) in [4.78, 5) is 8.40. The summed E-state index contributed by atoms with van der Waals surface area (Å²) < 4.78 is 24.0. The Hall–Kier alpha value is -2.73. The second-order valence-electron chi connectivity index (χ2n) is 5.42. The van der Waals surface area contributed by atoms with Crippen LogP contribution in [0.2, 0.25) is 0 Å². The monoisotopic (exact) mass is 327 g/mol. The van der Waals surface area contributed by atoms with Gasteiger partial charge in [-0.25, -0.2) is 9.37 Å². The number of methoxy groups -OCH3 is 1. The lowest BCUT2D eigenvalue weighted by atomic mass is 9.99. The molecule has 0 aliphatic carbocycles. The molecule has 0 unspecified atom stereocenters. The first kappa shape index (κ1) is 16.1. The summed E-state index contributed by atoms with van der Waals surface area (Å²) in [5.74, 6) is 0.313. The van der Waals surface area contributed by atoms with Crippen molar-refractivity contribution in [3.63, 3.8) is 0 Å². The molecule has 0 amide bonds. The highest BCUT2D eigenvalue weighted by Crippen LogP contribution is 2.30. The number of hydrogen-bond donors (Lipinski definition) is 1. The number of nitrogen functional groups attached to an aromatic ring is 1. The summed E-state index contributed by atoms with van der Waals surface area (Å²) in [5.41, 5.74) is 9.17. The molecule has 2 N–H and O–H groups in total. The molecule has 3 aromatic rings. The van der Waals surface area contributed by atoms with E-state index in [9.17, 15) is 4.39 Å². The third-order valence-electron chi connectivity index (χ3n) is 3.70. The number of nitrogens with zero attached hydrogens (tertiary/aromatic N) is 2. The van der Waals surface area contributed by atoms with Gasteiger partial charge < -0.3 is 15.2 Å². The van der Waals surface area contributed by atoms with Gasteiger partial charge in [-0.2, -0.15) is 4.98 Å². The van der Waals surface area contributed by atoms with Crippen LogP contribution in [0.5, 0.6) is 5.88 Å². The number of halogens is 1. The fourth-order valence-corrected chi connectivity index (χ4v) is 2.57. The maximum atomic E-state index is 13.3. The van der Waals surface area contributed by atoms with Crippen LogP contribution in [-0.4, -0.2) is 30.3 Å². The molecule has 0 aliphatic rings. The first-order valence-electron chi connectivity index (χ1n) is 7.54. The molecule has 5 nitrogen and oxygen atoms in total. The molecule has 24 heavy (non-hydrogen) atoms. The Kier molecular flexibility index (Phi) is 4.57. The molecule has 0 fully saturated rings. The molecule has 0 aliphatic heterocycles. The molecule has 0 saturated carbocycles. The van der Waals surface area contributed by atoms with Crippen molar-refractivity contribution in [1.82, 2.24) is 9.97 Å².